The monoisotopic (exact) mass is 474 g/mol. The molecule has 12 heteroatoms. The number of hydrogen-bond acceptors (Lipinski definition) is 8. The van der Waals surface area contributed by atoms with Crippen LogP contribution < -0.4 is 9.64 Å². The van der Waals surface area contributed by atoms with Gasteiger partial charge in [0, 0.05) is 6.54 Å². The van der Waals surface area contributed by atoms with Gasteiger partial charge in [-0.3, -0.25) is 19.8 Å². The molecule has 1 amide bonds. The maximum absolute atomic E-state index is 13.1. The van der Waals surface area contributed by atoms with Crippen LogP contribution in [0.2, 0.25) is 5.02 Å². The van der Waals surface area contributed by atoms with Crippen LogP contribution in [0, 0.1) is 10.1 Å². The van der Waals surface area contributed by atoms with Gasteiger partial charge >= 0.3 is 5.88 Å². The maximum Gasteiger partial charge on any atom is 0.433 e. The highest BCUT2D eigenvalue weighted by Gasteiger charge is 2.27. The summed E-state index contributed by atoms with van der Waals surface area (Å²) in [6.45, 7) is 1.10. The molecule has 0 spiro atoms. The third-order valence-corrected chi connectivity index (χ3v) is 5.65. The molecule has 0 N–H and O–H groups in total. The molecule has 0 unspecified atom stereocenters. The molecule has 0 aliphatic heterocycles. The Kier molecular flexibility index (Phi) is 8.02. The smallest absolute Gasteiger partial charge is 0.433 e. The van der Waals surface area contributed by atoms with Crippen molar-refractivity contribution in [2.75, 3.05) is 39.2 Å². The van der Waals surface area contributed by atoms with Crippen LogP contribution in [0.4, 0.5) is 11.0 Å². The highest BCUT2D eigenvalue weighted by atomic mass is 35.5. The van der Waals surface area contributed by atoms with Gasteiger partial charge in [-0.1, -0.05) is 22.9 Å². The van der Waals surface area contributed by atoms with E-state index in [-0.39, 0.29) is 18.2 Å². The lowest BCUT2D eigenvalue weighted by Gasteiger charge is -2.19. The maximum atomic E-state index is 13.1. The Balaban J connectivity index is 0.00000320. The summed E-state index contributed by atoms with van der Waals surface area (Å²) >= 11 is 7.55. The lowest BCUT2D eigenvalue weighted by Crippen LogP contribution is -2.33. The topological polar surface area (TPSA) is 102 Å². The molecular weight excluding hydrogens is 455 g/mol. The number of rotatable bonds is 8. The van der Waals surface area contributed by atoms with Crippen molar-refractivity contribution in [2.24, 2.45) is 0 Å². The zero-order chi connectivity index (χ0) is 21.1. The minimum Gasteiger partial charge on any atom is -0.494 e. The minimum absolute atomic E-state index is 0. The van der Waals surface area contributed by atoms with Crippen LogP contribution >= 0.6 is 35.3 Å². The fraction of sp³-hybridized carbons (Fsp3) is 0.333. The van der Waals surface area contributed by atoms with Gasteiger partial charge in [-0.05, 0) is 45.3 Å². The van der Waals surface area contributed by atoms with Crippen molar-refractivity contribution < 1.29 is 18.9 Å². The van der Waals surface area contributed by atoms with Crippen LogP contribution in [-0.4, -0.2) is 55.0 Å². The van der Waals surface area contributed by atoms with Gasteiger partial charge in [0.05, 0.1) is 22.9 Å². The average molecular weight is 475 g/mol. The molecule has 3 rings (SSSR count). The summed E-state index contributed by atoms with van der Waals surface area (Å²) in [5.41, 5.74) is 0.552. The normalized spacial score (nSPS) is 10.8. The summed E-state index contributed by atoms with van der Waals surface area (Å²) < 4.78 is 11.1. The van der Waals surface area contributed by atoms with Crippen LogP contribution in [0.1, 0.15) is 17.0 Å². The number of furan rings is 1. The first kappa shape index (κ1) is 23.9. The molecule has 0 radical (unpaired) electrons. The zero-order valence-electron chi connectivity index (χ0n) is 16.5. The van der Waals surface area contributed by atoms with E-state index in [2.05, 4.69) is 4.98 Å². The fourth-order valence-corrected chi connectivity index (χ4v) is 4.00. The molecule has 162 valence electrons. The van der Waals surface area contributed by atoms with Gasteiger partial charge in [0.15, 0.2) is 10.9 Å². The Hall–Kier alpha value is -2.40. The summed E-state index contributed by atoms with van der Waals surface area (Å²) in [6.07, 6.45) is 0.669. The van der Waals surface area contributed by atoms with Crippen LogP contribution in [0.25, 0.3) is 10.2 Å². The summed E-state index contributed by atoms with van der Waals surface area (Å²) in [4.78, 5) is 31.3. The van der Waals surface area contributed by atoms with Gasteiger partial charge in [-0.25, -0.2) is 4.98 Å². The van der Waals surface area contributed by atoms with Crippen molar-refractivity contribution in [3.8, 4) is 5.75 Å². The standard InChI is InChI=1S/C18H19ClN4O5S.ClH/c1-21(2)9-4-10-22(17(24)13-7-8-14(28-13)23(25)26)18-20-15-12(27-3)6-5-11(19)16(15)29-18;/h5-8H,4,9-10H2,1-3H3;1H. The quantitative estimate of drug-likeness (QED) is 0.350. The number of ether oxygens (including phenoxy) is 1. The van der Waals surface area contributed by atoms with Crippen molar-refractivity contribution in [3.05, 3.63) is 45.2 Å². The molecule has 0 saturated carbocycles. The Bertz CT molecular complexity index is 1050. The number of aromatic nitrogens is 1. The molecule has 0 saturated heterocycles. The Morgan fingerprint density at radius 2 is 2.03 bits per heavy atom. The Morgan fingerprint density at radius 3 is 2.63 bits per heavy atom. The van der Waals surface area contributed by atoms with E-state index in [1.165, 1.54) is 29.4 Å². The molecule has 0 bridgehead atoms. The molecule has 0 aliphatic carbocycles. The number of carbonyl (C=O) groups excluding carboxylic acids is 1. The molecule has 30 heavy (non-hydrogen) atoms. The van der Waals surface area contributed by atoms with E-state index in [9.17, 15) is 14.9 Å². The second-order valence-corrected chi connectivity index (χ2v) is 7.82. The molecular formula is C18H20Cl2N4O5S. The van der Waals surface area contributed by atoms with E-state index in [1.807, 2.05) is 19.0 Å². The lowest BCUT2D eigenvalue weighted by molar-refractivity contribution is -0.402. The molecule has 2 aromatic heterocycles. The largest absolute Gasteiger partial charge is 0.494 e. The van der Waals surface area contributed by atoms with Gasteiger partial charge < -0.3 is 14.1 Å². The fourth-order valence-electron chi connectivity index (χ4n) is 2.72. The van der Waals surface area contributed by atoms with E-state index >= 15 is 0 Å². The van der Waals surface area contributed by atoms with Crippen LogP contribution in [-0.2, 0) is 0 Å². The number of methoxy groups -OCH3 is 1. The van der Waals surface area contributed by atoms with Gasteiger partial charge in [-0.2, -0.15) is 0 Å². The number of carbonyl (C=O) groups is 1. The number of benzene rings is 1. The highest BCUT2D eigenvalue weighted by Crippen LogP contribution is 2.39. The number of amides is 1. The van der Waals surface area contributed by atoms with E-state index in [0.717, 1.165) is 12.6 Å². The average Bonchev–Trinajstić information content (AvgIpc) is 3.33. The van der Waals surface area contributed by atoms with Crippen LogP contribution in [0.15, 0.2) is 28.7 Å². The number of hydrogen-bond donors (Lipinski definition) is 0. The molecule has 0 fully saturated rings. The van der Waals surface area contributed by atoms with Crippen molar-refractivity contribution in [3.63, 3.8) is 0 Å². The second kappa shape index (κ2) is 10.1. The SMILES string of the molecule is COc1ccc(Cl)c2sc(N(CCCN(C)C)C(=O)c3ccc([N+](=O)[O-])o3)nc12.Cl. The first-order valence-corrected chi connectivity index (χ1v) is 9.85. The van der Waals surface area contributed by atoms with Gasteiger partial charge in [0.25, 0.3) is 5.91 Å². The van der Waals surface area contributed by atoms with Crippen LogP contribution in [0.3, 0.4) is 0 Å². The number of anilines is 1. The third kappa shape index (κ3) is 5.01. The molecule has 0 atom stereocenters. The Labute approximate surface area is 187 Å². The summed E-state index contributed by atoms with van der Waals surface area (Å²) in [5, 5.41) is 11.8. The Morgan fingerprint density at radius 1 is 1.30 bits per heavy atom. The van der Waals surface area contributed by atoms with E-state index in [1.54, 1.807) is 12.1 Å². The second-order valence-electron chi connectivity index (χ2n) is 6.43. The van der Waals surface area contributed by atoms with Crippen molar-refractivity contribution in [1.82, 2.24) is 9.88 Å². The third-order valence-electron chi connectivity index (χ3n) is 4.11. The van der Waals surface area contributed by atoms with Crippen molar-refractivity contribution in [2.45, 2.75) is 6.42 Å². The summed E-state index contributed by atoms with van der Waals surface area (Å²) in [7, 11) is 5.40. The van der Waals surface area contributed by atoms with E-state index < -0.39 is 16.7 Å². The van der Waals surface area contributed by atoms with Crippen molar-refractivity contribution in [1.29, 1.82) is 0 Å². The van der Waals surface area contributed by atoms with Gasteiger partial charge in [-0.15, -0.1) is 12.4 Å². The predicted octanol–water partition coefficient (Wildman–Crippen LogP) is 4.48. The van der Waals surface area contributed by atoms with E-state index in [4.69, 9.17) is 20.8 Å². The van der Waals surface area contributed by atoms with E-state index in [0.29, 0.717) is 39.1 Å². The number of thiazole rings is 1. The number of nitrogens with zero attached hydrogens (tertiary/aromatic N) is 4. The van der Waals surface area contributed by atoms with Crippen LogP contribution in [0.5, 0.6) is 5.75 Å². The van der Waals surface area contributed by atoms with Crippen molar-refractivity contribution >= 4 is 62.5 Å². The summed E-state index contributed by atoms with van der Waals surface area (Å²) in [6, 6.07) is 5.87. The lowest BCUT2D eigenvalue weighted by atomic mass is 10.3. The molecule has 2 heterocycles. The number of halogens is 2. The van der Waals surface area contributed by atoms with Gasteiger partial charge in [0.2, 0.25) is 0 Å². The summed E-state index contributed by atoms with van der Waals surface area (Å²) in [5.74, 6) is -0.582. The minimum atomic E-state index is -0.685. The number of fused-ring (bicyclic) bond motifs is 1. The zero-order valence-corrected chi connectivity index (χ0v) is 18.8. The molecule has 3 aromatic rings. The van der Waals surface area contributed by atoms with Gasteiger partial charge in [0.1, 0.15) is 16.2 Å². The molecule has 0 aliphatic rings. The first-order chi connectivity index (χ1) is 13.8. The number of nitro groups is 1. The molecule has 9 nitrogen and oxygen atoms in total. The molecule has 1 aromatic carbocycles. The first-order valence-electron chi connectivity index (χ1n) is 8.65. The predicted molar refractivity (Wildman–Crippen MR) is 119 cm³/mol. The highest BCUT2D eigenvalue weighted by molar-refractivity contribution is 7.23.